The number of amides is 1. The van der Waals surface area contributed by atoms with Crippen molar-refractivity contribution in [3.05, 3.63) is 112 Å². The predicted molar refractivity (Wildman–Crippen MR) is 359 cm³/mol. The summed E-state index contributed by atoms with van der Waals surface area (Å²) in [4.78, 5) is 79.5. The number of para-hydroxylation sites is 1. The number of fused-ring (bicyclic) bond motifs is 10. The SMILES string of the molecule is CC[C@]1(O)CC2CN(CCc3c([nH]c4ccccc34)[C@@](C(=O)OC)(c3cc4c(cc3OC)N(C=O)[C@H]3[C@@](O)(C(=O)OC)[C@H](OC(C)=O)[C@]5(CC)C=CCN6CC[C@]43[C@@H]65)C2)C1.COc1cc([C@@H]2c3cc4c(cc3[C@@H](O[C@@H]3O[C@@H]5CO[C@@H](C)O[C@H]5[C@H](O)[C@H]3O)[C@H]3COC(=O)[C@H]23)OCO4)cc(OC)c1O. The molecule has 2 aliphatic carbocycles. The van der Waals surface area contributed by atoms with Crippen LogP contribution in [0.15, 0.2) is 72.8 Å². The summed E-state index contributed by atoms with van der Waals surface area (Å²) in [6, 6.07) is 16.9. The second-order valence-corrected chi connectivity index (χ2v) is 29.1. The van der Waals surface area contributed by atoms with Gasteiger partial charge < -0.3 is 97.0 Å². The Hall–Kier alpha value is -8.09. The molecule has 1 saturated carbocycles. The third-order valence-electron chi connectivity index (χ3n) is 24.2. The fraction of sp³-hybridized carbons (Fsp3) is 0.560. The van der Waals surface area contributed by atoms with Crippen LogP contribution in [-0.2, 0) is 79.1 Å². The number of hydrogen-bond acceptors (Lipinski definition) is 25. The number of carbonyl (C=O) groups is 5. The number of nitrogens with zero attached hydrogens (tertiary/aromatic N) is 3. The van der Waals surface area contributed by atoms with Crippen LogP contribution in [0.4, 0.5) is 5.69 Å². The fourth-order valence-corrected chi connectivity index (χ4v) is 20.1. The second-order valence-electron chi connectivity index (χ2n) is 29.1. The van der Waals surface area contributed by atoms with Gasteiger partial charge in [0, 0.05) is 90.0 Å². The molecule has 2 unspecified atom stereocenters. The first kappa shape index (κ1) is 69.6. The van der Waals surface area contributed by atoms with E-state index >= 15 is 4.79 Å². The first-order valence-corrected chi connectivity index (χ1v) is 35.0. The molecule has 10 heterocycles. The molecule has 1 spiro atoms. The Balaban J connectivity index is 0.000000175. The lowest BCUT2D eigenvalue weighted by Gasteiger charge is -2.63. The molecule has 5 aromatic rings. The highest BCUT2D eigenvalue weighted by molar-refractivity contribution is 5.97. The molecule has 5 saturated heterocycles. The van der Waals surface area contributed by atoms with Gasteiger partial charge in [-0.2, -0.15) is 0 Å². The van der Waals surface area contributed by atoms with E-state index in [4.69, 9.17) is 61.6 Å². The zero-order valence-electron chi connectivity index (χ0n) is 58.4. The number of benzene rings is 4. The topological polar surface area (TPSA) is 332 Å². The number of aromatic hydroxyl groups is 1. The van der Waals surface area contributed by atoms with Crippen molar-refractivity contribution in [3.8, 4) is 34.5 Å². The van der Waals surface area contributed by atoms with Gasteiger partial charge in [-0.05, 0) is 122 Å². The van der Waals surface area contributed by atoms with Crippen molar-refractivity contribution in [1.29, 1.82) is 0 Å². The van der Waals surface area contributed by atoms with Crippen molar-refractivity contribution in [3.63, 3.8) is 0 Å². The Morgan fingerprint density at radius 3 is 2.23 bits per heavy atom. The lowest BCUT2D eigenvalue weighted by Crippen LogP contribution is -2.81. The largest absolute Gasteiger partial charge is 0.502 e. The van der Waals surface area contributed by atoms with E-state index in [-0.39, 0.29) is 49.6 Å². The fourth-order valence-electron chi connectivity index (χ4n) is 20.1. The minimum absolute atomic E-state index is 0.0301. The third kappa shape index (κ3) is 10.3. The maximum Gasteiger partial charge on any atom is 0.344 e. The van der Waals surface area contributed by atoms with E-state index in [0.29, 0.717) is 128 Å². The van der Waals surface area contributed by atoms with Crippen LogP contribution in [0.5, 0.6) is 34.5 Å². The molecule has 546 valence electrons. The number of cyclic esters (lactones) is 1. The van der Waals surface area contributed by atoms with Crippen LogP contribution in [0.3, 0.4) is 0 Å². The number of hydrogen-bond donors (Lipinski definition) is 6. The number of methoxy groups -OCH3 is 5. The van der Waals surface area contributed by atoms with Gasteiger partial charge in [-0.3, -0.25) is 29.0 Å². The van der Waals surface area contributed by atoms with Gasteiger partial charge in [0.1, 0.15) is 35.6 Å². The summed E-state index contributed by atoms with van der Waals surface area (Å²) >= 11 is 0. The first-order chi connectivity index (χ1) is 49.0. The molecule has 102 heavy (non-hydrogen) atoms. The van der Waals surface area contributed by atoms with Crippen molar-refractivity contribution in [1.82, 2.24) is 14.8 Å². The molecule has 27 heteroatoms. The van der Waals surface area contributed by atoms with E-state index in [1.54, 1.807) is 37.3 Å². The van der Waals surface area contributed by atoms with Crippen molar-refractivity contribution < 1.29 is 111 Å². The maximum absolute atomic E-state index is 15.3. The third-order valence-corrected chi connectivity index (χ3v) is 24.2. The normalized spacial score (nSPS) is 36.5. The molecule has 11 aliphatic rings. The van der Waals surface area contributed by atoms with Crippen LogP contribution < -0.4 is 28.6 Å². The summed E-state index contributed by atoms with van der Waals surface area (Å²) in [5.41, 5.74) is -1.14. The second kappa shape index (κ2) is 26.0. The quantitative estimate of drug-likeness (QED) is 0.0397. The molecule has 4 aromatic carbocycles. The lowest BCUT2D eigenvalue weighted by molar-refractivity contribution is -0.364. The number of esters is 4. The molecule has 27 nitrogen and oxygen atoms in total. The molecule has 9 aliphatic heterocycles. The summed E-state index contributed by atoms with van der Waals surface area (Å²) in [5.74, 6) is -3.09. The van der Waals surface area contributed by atoms with Crippen molar-refractivity contribution in [2.75, 3.05) is 93.2 Å². The zero-order chi connectivity index (χ0) is 71.9. The number of aliphatic hydroxyl groups excluding tert-OH is 2. The number of aliphatic hydroxyl groups is 4. The molecule has 2 bridgehead atoms. The van der Waals surface area contributed by atoms with E-state index in [0.717, 1.165) is 16.5 Å². The Morgan fingerprint density at radius 1 is 0.814 bits per heavy atom. The molecule has 1 amide bonds. The highest BCUT2D eigenvalue weighted by atomic mass is 16.8. The summed E-state index contributed by atoms with van der Waals surface area (Å²) < 4.78 is 75.2. The summed E-state index contributed by atoms with van der Waals surface area (Å²) in [7, 11) is 6.95. The molecule has 6 N–H and O–H groups in total. The van der Waals surface area contributed by atoms with Gasteiger partial charge in [0.05, 0.1) is 78.1 Å². The van der Waals surface area contributed by atoms with Gasteiger partial charge in [0.25, 0.3) is 0 Å². The minimum Gasteiger partial charge on any atom is -0.502 e. The van der Waals surface area contributed by atoms with Crippen LogP contribution in [0.25, 0.3) is 10.9 Å². The van der Waals surface area contributed by atoms with Crippen molar-refractivity contribution in [2.45, 2.75) is 155 Å². The van der Waals surface area contributed by atoms with Gasteiger partial charge in [0.2, 0.25) is 24.6 Å². The van der Waals surface area contributed by atoms with Crippen LogP contribution in [0, 0.1) is 23.2 Å². The van der Waals surface area contributed by atoms with E-state index in [9.17, 15) is 44.7 Å². The van der Waals surface area contributed by atoms with Gasteiger partial charge in [-0.15, -0.1) is 0 Å². The first-order valence-electron chi connectivity index (χ1n) is 35.0. The number of H-pyrrole nitrogens is 1. The Kier molecular flexibility index (Phi) is 17.7. The monoisotopic (exact) mass is 1410 g/mol. The number of rotatable bonds is 13. The number of anilines is 1. The number of phenols is 1. The number of phenolic OH excluding ortho intramolecular Hbond substituents is 1. The van der Waals surface area contributed by atoms with E-state index in [1.165, 1.54) is 47.4 Å². The highest BCUT2D eigenvalue weighted by Gasteiger charge is 2.81. The van der Waals surface area contributed by atoms with Crippen LogP contribution >= 0.6 is 0 Å². The smallest absolute Gasteiger partial charge is 0.344 e. The van der Waals surface area contributed by atoms with E-state index in [1.807, 2.05) is 50.3 Å². The number of aromatic nitrogens is 1. The van der Waals surface area contributed by atoms with Gasteiger partial charge in [-0.25, -0.2) is 4.79 Å². The molecular weight excluding hydrogens is 1320 g/mol. The van der Waals surface area contributed by atoms with E-state index in [2.05, 4.69) is 20.9 Å². The lowest BCUT2D eigenvalue weighted by atomic mass is 9.47. The minimum atomic E-state index is -2.53. The number of piperidine rings is 1. The predicted octanol–water partition coefficient (Wildman–Crippen LogP) is 4.86. The Bertz CT molecular complexity index is 4180. The van der Waals surface area contributed by atoms with Gasteiger partial charge in [0.15, 0.2) is 41.7 Å². The number of carbonyl (C=O) groups excluding carboxylic acids is 5. The maximum atomic E-state index is 15.3. The molecular formula is C75H88N4O23. The molecule has 0 radical (unpaired) electrons. The van der Waals surface area contributed by atoms with Crippen LogP contribution in [0.2, 0.25) is 0 Å². The summed E-state index contributed by atoms with van der Waals surface area (Å²) in [6.07, 6.45) is -0.964. The van der Waals surface area contributed by atoms with Crippen LogP contribution in [-0.4, -0.2) is 225 Å². The molecule has 1 aromatic heterocycles. The number of aromatic amines is 1. The zero-order valence-corrected chi connectivity index (χ0v) is 58.4. The highest BCUT2D eigenvalue weighted by Crippen LogP contribution is 2.69. The van der Waals surface area contributed by atoms with Crippen LogP contribution in [0.1, 0.15) is 111 Å². The number of nitrogens with one attached hydrogen (secondary N) is 1. The average Bonchev–Trinajstić information content (AvgIpc) is 1.46. The van der Waals surface area contributed by atoms with E-state index < -0.39 is 130 Å². The van der Waals surface area contributed by atoms with Crippen molar-refractivity contribution in [2.24, 2.45) is 23.2 Å². The molecule has 20 atom stereocenters. The molecule has 6 fully saturated rings. The van der Waals surface area contributed by atoms with Gasteiger partial charge in [-0.1, -0.05) is 44.2 Å². The standard InChI is InChI=1S/C46H56N4O10.C29H32O13/c1-7-42(55)22-28-23-45(40(53)58-5,36-30(14-18-48(24-28)25-42)29-12-9-10-13-33(29)47-36)32-20-31-34(21-35(32)57-4)50(26-51)38-44(31)16-19-49-17-11-15-43(8-2,37(44)49)39(60-27(3)52)46(38,56)41(54)59-6;1-11-36-9-20-27(40-11)24(31)25(32)29(41-20)42-26-14-7-17-16(38-10-39-17)6-13(14)21(22-15(26)8-37-28(22)33)12-4-18(34-2)23(30)19(5-12)35-3/h9-13,15,20-21,26,28,37-39,47,55-56H,7-8,14,16-19,22-25H2,1-6H3;4-7,11,15,20-22,24-27,29-32H,8-10H2,1-3H3/t28?,37-,38+,39+,42-,43+,44+,45-,46-;11-,15+,20-,21-,22+,24-,25-,26-,27-,29+/m01/s1. The molecule has 16 rings (SSSR count). The number of ether oxygens (including phenoxy) is 13. The average molecular weight is 1410 g/mol. The van der Waals surface area contributed by atoms with Crippen molar-refractivity contribution >= 4 is 46.9 Å². The summed E-state index contributed by atoms with van der Waals surface area (Å²) in [6.45, 7) is 10.1. The summed E-state index contributed by atoms with van der Waals surface area (Å²) in [5, 5.41) is 58.8. The Labute approximate surface area is 588 Å². The Morgan fingerprint density at radius 2 is 1.54 bits per heavy atom. The van der Waals surface area contributed by atoms with Gasteiger partial charge >= 0.3 is 23.9 Å².